The molecule has 0 saturated carbocycles. The second kappa shape index (κ2) is 15.4. The minimum absolute atomic E-state index is 0.308. The van der Waals surface area contributed by atoms with Crippen LogP contribution in [0.2, 0.25) is 0 Å². The summed E-state index contributed by atoms with van der Waals surface area (Å²) in [5.41, 5.74) is 0. The first-order chi connectivity index (χ1) is 9.47. The molecule has 0 aliphatic rings. The number of carboxylic acid groups (broad SMARTS) is 1. The van der Waals surface area contributed by atoms with Crippen LogP contribution in [0.1, 0.15) is 45.4 Å². The van der Waals surface area contributed by atoms with Gasteiger partial charge in [-0.05, 0) is 6.42 Å². The highest BCUT2D eigenvalue weighted by Crippen LogP contribution is 2.05. The summed E-state index contributed by atoms with van der Waals surface area (Å²) in [5.74, 6) is -2.59. The number of hydrogen-bond donors (Lipinski definition) is 3. The van der Waals surface area contributed by atoms with Crippen molar-refractivity contribution in [2.45, 2.75) is 45.4 Å². The van der Waals surface area contributed by atoms with Crippen LogP contribution in [-0.4, -0.2) is 46.6 Å². The molecule has 0 aliphatic heterocycles. The maximum absolute atomic E-state index is 11.0. The zero-order valence-corrected chi connectivity index (χ0v) is 11.5. The third-order valence-electron chi connectivity index (χ3n) is 2.07. The molecule has 0 atom stereocenters. The Bertz CT molecular complexity index is 277. The third kappa shape index (κ3) is 18.7. The second-order valence-electron chi connectivity index (χ2n) is 3.84. The lowest BCUT2D eigenvalue weighted by atomic mass is 10.1. The summed E-state index contributed by atoms with van der Waals surface area (Å²) < 4.78 is 4.53. The van der Waals surface area contributed by atoms with E-state index in [1.54, 1.807) is 0 Å². The lowest BCUT2D eigenvalue weighted by Crippen LogP contribution is -2.14. The Kier molecular flexibility index (Phi) is 15.9. The fourth-order valence-corrected chi connectivity index (χ4v) is 1.11. The topological polar surface area (TPSA) is 130 Å². The molecule has 0 aliphatic carbocycles. The number of ether oxygens (including phenoxy) is 1. The smallest absolute Gasteiger partial charge is 0.379 e. The molecule has 0 saturated heterocycles. The first-order valence-corrected chi connectivity index (χ1v) is 6.30. The van der Waals surface area contributed by atoms with Gasteiger partial charge in [0.25, 0.3) is 0 Å². The van der Waals surface area contributed by atoms with E-state index in [9.17, 15) is 9.59 Å². The first-order valence-electron chi connectivity index (χ1n) is 6.30. The number of carbonyl (C=O) groups excluding carboxylic acids is 2. The summed E-state index contributed by atoms with van der Waals surface area (Å²) in [6, 6.07) is 0. The van der Waals surface area contributed by atoms with Crippen LogP contribution in [0.5, 0.6) is 0 Å². The molecule has 0 aromatic carbocycles. The molecule has 3 N–H and O–H groups in total. The first kappa shape index (κ1) is 20.6. The molecule has 0 amide bonds. The predicted molar refractivity (Wildman–Crippen MR) is 67.8 cm³/mol. The largest absolute Gasteiger partial charge is 0.480 e. The predicted octanol–water partition coefficient (Wildman–Crippen LogP) is 0.970. The van der Waals surface area contributed by atoms with Crippen LogP contribution in [-0.2, 0) is 24.0 Å². The Hall–Kier alpha value is -1.67. The van der Waals surface area contributed by atoms with Crippen LogP contribution in [0.25, 0.3) is 0 Å². The Morgan fingerprint density at radius 3 is 2.00 bits per heavy atom. The molecule has 118 valence electrons. The minimum Gasteiger partial charge on any atom is -0.480 e. The molecule has 0 aromatic rings. The van der Waals surface area contributed by atoms with Gasteiger partial charge >= 0.3 is 17.9 Å². The van der Waals surface area contributed by atoms with Gasteiger partial charge in [-0.25, -0.2) is 9.59 Å². The number of hydrogen-bond acceptors (Lipinski definition) is 7. The van der Waals surface area contributed by atoms with Crippen LogP contribution >= 0.6 is 0 Å². The van der Waals surface area contributed by atoms with Crippen LogP contribution in [0.15, 0.2) is 0 Å². The number of aliphatic carboxylic acids is 1. The Morgan fingerprint density at radius 2 is 1.55 bits per heavy atom. The summed E-state index contributed by atoms with van der Waals surface area (Å²) in [4.78, 5) is 33.8. The molecule has 0 spiro atoms. The van der Waals surface area contributed by atoms with E-state index in [4.69, 9.17) is 20.3 Å². The number of unbranched alkanes of at least 4 members (excludes halogenated alkanes) is 4. The highest BCUT2D eigenvalue weighted by Gasteiger charge is 2.07. The van der Waals surface area contributed by atoms with Gasteiger partial charge in [0.15, 0.2) is 6.61 Å². The van der Waals surface area contributed by atoms with Crippen molar-refractivity contribution < 1.29 is 39.5 Å². The lowest BCUT2D eigenvalue weighted by Gasteiger charge is -2.02. The number of carboxylic acids is 1. The Balaban J connectivity index is 0. The second-order valence-corrected chi connectivity index (χ2v) is 3.84. The Labute approximate surface area is 117 Å². The van der Waals surface area contributed by atoms with Crippen molar-refractivity contribution in [1.82, 2.24) is 0 Å². The molecular formula is C12H22O8. The summed E-state index contributed by atoms with van der Waals surface area (Å²) >= 11 is 0. The maximum Gasteiger partial charge on any atom is 0.379 e. The zero-order chi connectivity index (χ0) is 15.8. The lowest BCUT2D eigenvalue weighted by molar-refractivity contribution is -0.238. The average molecular weight is 294 g/mol. The molecule has 0 radical (unpaired) electrons. The van der Waals surface area contributed by atoms with Crippen LogP contribution in [0, 0.1) is 0 Å². The fourth-order valence-electron chi connectivity index (χ4n) is 1.11. The van der Waals surface area contributed by atoms with Crippen molar-refractivity contribution in [2.24, 2.45) is 0 Å². The van der Waals surface area contributed by atoms with E-state index >= 15 is 0 Å². The van der Waals surface area contributed by atoms with Gasteiger partial charge in [-0.1, -0.05) is 32.6 Å². The van der Waals surface area contributed by atoms with Crippen LogP contribution in [0.3, 0.4) is 0 Å². The zero-order valence-electron chi connectivity index (χ0n) is 11.5. The van der Waals surface area contributed by atoms with E-state index in [2.05, 4.69) is 16.5 Å². The molecule has 0 bridgehead atoms. The molecule has 0 fully saturated rings. The van der Waals surface area contributed by atoms with Crippen LogP contribution < -0.4 is 0 Å². The quantitative estimate of drug-likeness (QED) is 0.248. The number of aliphatic hydroxyl groups is 1. The van der Waals surface area contributed by atoms with Crippen molar-refractivity contribution in [3.8, 4) is 0 Å². The summed E-state index contributed by atoms with van der Waals surface area (Å²) in [5, 5.41) is 22.9. The van der Waals surface area contributed by atoms with Gasteiger partial charge in [-0.15, -0.1) is 0 Å². The van der Waals surface area contributed by atoms with Gasteiger partial charge in [0.05, 0.1) is 0 Å². The summed E-state index contributed by atoms with van der Waals surface area (Å²) in [6.45, 7) is 0.819. The molecule has 20 heavy (non-hydrogen) atoms. The van der Waals surface area contributed by atoms with Gasteiger partial charge < -0.3 is 14.9 Å². The number of aliphatic hydroxyl groups excluding tert-OH is 1. The summed E-state index contributed by atoms with van der Waals surface area (Å²) in [7, 11) is 0. The number of carbonyl (C=O) groups is 3. The highest BCUT2D eigenvalue weighted by molar-refractivity contribution is 5.75. The maximum atomic E-state index is 11.0. The van der Waals surface area contributed by atoms with Crippen LogP contribution in [0.4, 0.5) is 0 Å². The van der Waals surface area contributed by atoms with Crippen molar-refractivity contribution in [3.05, 3.63) is 0 Å². The highest BCUT2D eigenvalue weighted by atomic mass is 17.1. The van der Waals surface area contributed by atoms with Crippen molar-refractivity contribution in [2.75, 3.05) is 13.2 Å². The van der Waals surface area contributed by atoms with E-state index in [1.807, 2.05) is 0 Å². The third-order valence-corrected chi connectivity index (χ3v) is 2.07. The van der Waals surface area contributed by atoms with Gasteiger partial charge in [0.1, 0.15) is 6.61 Å². The van der Waals surface area contributed by atoms with Crippen molar-refractivity contribution >= 4 is 17.9 Å². The summed E-state index contributed by atoms with van der Waals surface area (Å²) in [6.07, 6.45) is 5.52. The van der Waals surface area contributed by atoms with E-state index in [0.29, 0.717) is 6.42 Å². The van der Waals surface area contributed by atoms with Crippen molar-refractivity contribution in [1.29, 1.82) is 0 Å². The van der Waals surface area contributed by atoms with Crippen molar-refractivity contribution in [3.63, 3.8) is 0 Å². The van der Waals surface area contributed by atoms with Gasteiger partial charge in [-0.3, -0.25) is 9.68 Å². The molecule has 0 unspecified atom stereocenters. The number of rotatable bonds is 9. The molecule has 0 aromatic heterocycles. The number of esters is 1. The van der Waals surface area contributed by atoms with E-state index in [1.165, 1.54) is 6.42 Å². The minimum atomic E-state index is -1.19. The molecule has 8 heteroatoms. The van der Waals surface area contributed by atoms with Gasteiger partial charge in [0.2, 0.25) is 0 Å². The normalized spacial score (nSPS) is 9.15. The van der Waals surface area contributed by atoms with E-state index in [-0.39, 0.29) is 0 Å². The molecular weight excluding hydrogens is 272 g/mol. The molecule has 0 heterocycles. The average Bonchev–Trinajstić information content (AvgIpc) is 2.45. The van der Waals surface area contributed by atoms with Gasteiger partial charge in [-0.2, -0.15) is 5.26 Å². The van der Waals surface area contributed by atoms with E-state index < -0.39 is 31.1 Å². The molecule has 8 nitrogen and oxygen atoms in total. The van der Waals surface area contributed by atoms with Gasteiger partial charge in [0, 0.05) is 6.42 Å². The fraction of sp³-hybridized carbons (Fsp3) is 0.750. The molecule has 0 rings (SSSR count). The standard InChI is InChI=1S/C10H18O5.C2H4O3/c1-2-3-4-5-6-7-9(11)14-8-10(12)15-13;3-1-2(4)5/h13H,2-8H2,1H3;3H,1H2,(H,4,5). The van der Waals surface area contributed by atoms with E-state index in [0.717, 1.165) is 25.7 Å². The monoisotopic (exact) mass is 294 g/mol. The SMILES string of the molecule is CCCCCCCC(=O)OCC(=O)OO.O=C(O)CO. The Morgan fingerprint density at radius 1 is 1.00 bits per heavy atom.